The molecule has 1 rings (SSSR count). The fraction of sp³-hybridized carbons (Fsp3) is 0.571. The molecule has 0 spiro atoms. The molecule has 5 nitrogen and oxygen atoms in total. The summed E-state index contributed by atoms with van der Waals surface area (Å²) in [6, 6.07) is 1.90. The lowest BCUT2D eigenvalue weighted by molar-refractivity contribution is 0.180. The number of unbranched alkanes of at least 4 members (excludes halogenated alkanes) is 2. The SMILES string of the molecule is CCCCCNc1ncc(C)cc1C(=N)NC(C)O. The number of nitrogens with one attached hydrogen (secondary N) is 3. The van der Waals surface area contributed by atoms with E-state index in [4.69, 9.17) is 5.41 Å². The van der Waals surface area contributed by atoms with Gasteiger partial charge in [-0.15, -0.1) is 0 Å². The van der Waals surface area contributed by atoms with Crippen LogP contribution >= 0.6 is 0 Å². The predicted molar refractivity (Wildman–Crippen MR) is 78.6 cm³/mol. The lowest BCUT2D eigenvalue weighted by atomic mass is 10.1. The number of hydrogen-bond acceptors (Lipinski definition) is 4. The van der Waals surface area contributed by atoms with Crippen molar-refractivity contribution in [2.45, 2.75) is 46.3 Å². The van der Waals surface area contributed by atoms with Crippen LogP contribution in [0.2, 0.25) is 0 Å². The molecule has 1 aromatic rings. The van der Waals surface area contributed by atoms with Crippen LogP contribution in [0.25, 0.3) is 0 Å². The second-order valence-electron chi connectivity index (χ2n) is 4.74. The molecule has 0 fully saturated rings. The van der Waals surface area contributed by atoms with Crippen LogP contribution in [-0.2, 0) is 0 Å². The van der Waals surface area contributed by atoms with Gasteiger partial charge in [-0.2, -0.15) is 0 Å². The summed E-state index contributed by atoms with van der Waals surface area (Å²) in [5, 5.41) is 23.2. The number of rotatable bonds is 7. The highest BCUT2D eigenvalue weighted by Crippen LogP contribution is 2.14. The minimum absolute atomic E-state index is 0.184. The van der Waals surface area contributed by atoms with Crippen LogP contribution in [0.5, 0.6) is 0 Å². The minimum atomic E-state index is -0.749. The third kappa shape index (κ3) is 5.26. The highest BCUT2D eigenvalue weighted by molar-refractivity contribution is 6.00. The van der Waals surface area contributed by atoms with Crippen LogP contribution in [0.4, 0.5) is 5.82 Å². The molecule has 1 unspecified atom stereocenters. The van der Waals surface area contributed by atoms with E-state index in [1.165, 1.54) is 12.8 Å². The summed E-state index contributed by atoms with van der Waals surface area (Å²) in [6.07, 6.45) is 4.47. The van der Waals surface area contributed by atoms with Gasteiger partial charge in [-0.3, -0.25) is 5.41 Å². The molecule has 106 valence electrons. The van der Waals surface area contributed by atoms with Gasteiger partial charge in [0.25, 0.3) is 0 Å². The van der Waals surface area contributed by atoms with E-state index in [1.807, 2.05) is 13.0 Å². The third-order valence-corrected chi connectivity index (χ3v) is 2.72. The van der Waals surface area contributed by atoms with Crippen molar-refractivity contribution < 1.29 is 5.11 Å². The normalized spacial score (nSPS) is 12.0. The van der Waals surface area contributed by atoms with Crippen molar-refractivity contribution in [3.05, 3.63) is 23.4 Å². The van der Waals surface area contributed by atoms with Crippen molar-refractivity contribution >= 4 is 11.7 Å². The molecule has 0 bridgehead atoms. The molecule has 0 aromatic carbocycles. The Labute approximate surface area is 115 Å². The predicted octanol–water partition coefficient (Wildman–Crippen LogP) is 2.25. The van der Waals surface area contributed by atoms with E-state index in [9.17, 15) is 5.11 Å². The highest BCUT2D eigenvalue weighted by Gasteiger charge is 2.10. The van der Waals surface area contributed by atoms with Crippen LogP contribution in [-0.4, -0.2) is 28.7 Å². The van der Waals surface area contributed by atoms with Gasteiger partial charge in [0, 0.05) is 12.7 Å². The van der Waals surface area contributed by atoms with Crippen molar-refractivity contribution in [3.63, 3.8) is 0 Å². The van der Waals surface area contributed by atoms with Crippen molar-refractivity contribution in [2.24, 2.45) is 0 Å². The second kappa shape index (κ2) is 7.74. The van der Waals surface area contributed by atoms with Crippen LogP contribution in [0.1, 0.15) is 44.2 Å². The van der Waals surface area contributed by atoms with Crippen LogP contribution in [0, 0.1) is 12.3 Å². The van der Waals surface area contributed by atoms with Crippen LogP contribution < -0.4 is 10.6 Å². The number of nitrogens with zero attached hydrogens (tertiary/aromatic N) is 1. The molecular weight excluding hydrogens is 240 g/mol. The number of aliphatic hydroxyl groups excluding tert-OH is 1. The molecule has 0 amide bonds. The monoisotopic (exact) mass is 264 g/mol. The van der Waals surface area contributed by atoms with Gasteiger partial charge < -0.3 is 15.7 Å². The zero-order valence-corrected chi connectivity index (χ0v) is 12.0. The summed E-state index contributed by atoms with van der Waals surface area (Å²) in [7, 11) is 0. The van der Waals surface area contributed by atoms with Gasteiger partial charge in [0.05, 0.1) is 5.56 Å². The summed E-state index contributed by atoms with van der Waals surface area (Å²) >= 11 is 0. The Kier molecular flexibility index (Phi) is 6.29. The Bertz CT molecular complexity index is 418. The van der Waals surface area contributed by atoms with Crippen LogP contribution in [0.15, 0.2) is 12.3 Å². The summed E-state index contributed by atoms with van der Waals surface area (Å²) in [5.41, 5.74) is 1.68. The number of aryl methyl sites for hydroxylation is 1. The topological polar surface area (TPSA) is 81.0 Å². The molecule has 0 saturated heterocycles. The van der Waals surface area contributed by atoms with E-state index in [0.717, 1.165) is 18.5 Å². The van der Waals surface area contributed by atoms with E-state index in [2.05, 4.69) is 22.5 Å². The summed E-state index contributed by atoms with van der Waals surface area (Å²) in [4.78, 5) is 4.33. The standard InChI is InChI=1S/C14H24N4O/c1-4-5-6-7-16-14-12(8-10(2)9-17-14)13(15)18-11(3)19/h8-9,11,19H,4-7H2,1-3H3,(H2,15,18)(H,16,17). The zero-order valence-electron chi connectivity index (χ0n) is 12.0. The number of hydrogen-bond donors (Lipinski definition) is 4. The molecule has 0 aliphatic carbocycles. The molecule has 0 saturated carbocycles. The summed E-state index contributed by atoms with van der Waals surface area (Å²) in [5.74, 6) is 0.879. The lowest BCUT2D eigenvalue weighted by Gasteiger charge is -2.15. The van der Waals surface area contributed by atoms with Gasteiger partial charge in [0.15, 0.2) is 0 Å². The van der Waals surface area contributed by atoms with Crippen molar-refractivity contribution in [1.82, 2.24) is 10.3 Å². The first kappa shape index (κ1) is 15.4. The number of pyridine rings is 1. The largest absolute Gasteiger partial charge is 0.374 e. The number of anilines is 1. The highest BCUT2D eigenvalue weighted by atomic mass is 16.3. The molecule has 0 aliphatic heterocycles. The maximum Gasteiger partial charge on any atom is 0.136 e. The third-order valence-electron chi connectivity index (χ3n) is 2.72. The van der Waals surface area contributed by atoms with E-state index < -0.39 is 6.23 Å². The molecular formula is C14H24N4O. The Morgan fingerprint density at radius 1 is 1.47 bits per heavy atom. The Morgan fingerprint density at radius 3 is 2.84 bits per heavy atom. The molecule has 5 heteroatoms. The average molecular weight is 264 g/mol. The van der Waals surface area contributed by atoms with Crippen molar-refractivity contribution in [2.75, 3.05) is 11.9 Å². The zero-order chi connectivity index (χ0) is 14.3. The average Bonchev–Trinajstić information content (AvgIpc) is 2.35. The summed E-state index contributed by atoms with van der Waals surface area (Å²) in [6.45, 7) is 6.54. The van der Waals surface area contributed by atoms with Gasteiger partial charge >= 0.3 is 0 Å². The lowest BCUT2D eigenvalue weighted by Crippen LogP contribution is -2.33. The maximum absolute atomic E-state index is 9.30. The molecule has 1 aromatic heterocycles. The van der Waals surface area contributed by atoms with Gasteiger partial charge in [0.2, 0.25) is 0 Å². The Hall–Kier alpha value is -1.62. The van der Waals surface area contributed by atoms with E-state index in [0.29, 0.717) is 11.4 Å². The van der Waals surface area contributed by atoms with Crippen LogP contribution in [0.3, 0.4) is 0 Å². The number of aromatic nitrogens is 1. The van der Waals surface area contributed by atoms with Crippen molar-refractivity contribution in [3.8, 4) is 0 Å². The molecule has 0 aliphatic rings. The molecule has 4 N–H and O–H groups in total. The summed E-state index contributed by atoms with van der Waals surface area (Å²) < 4.78 is 0. The second-order valence-corrected chi connectivity index (χ2v) is 4.74. The van der Waals surface area contributed by atoms with E-state index in [-0.39, 0.29) is 5.84 Å². The molecule has 19 heavy (non-hydrogen) atoms. The van der Waals surface area contributed by atoms with Gasteiger partial charge in [-0.25, -0.2) is 4.98 Å². The molecule has 1 heterocycles. The first-order valence-electron chi connectivity index (χ1n) is 6.78. The Balaban J connectivity index is 2.76. The number of amidine groups is 1. The van der Waals surface area contributed by atoms with Gasteiger partial charge in [0.1, 0.15) is 17.9 Å². The molecule has 1 atom stereocenters. The van der Waals surface area contributed by atoms with Gasteiger partial charge in [-0.05, 0) is 31.9 Å². The molecule has 0 radical (unpaired) electrons. The van der Waals surface area contributed by atoms with E-state index >= 15 is 0 Å². The van der Waals surface area contributed by atoms with Crippen molar-refractivity contribution in [1.29, 1.82) is 5.41 Å². The maximum atomic E-state index is 9.30. The van der Waals surface area contributed by atoms with Gasteiger partial charge in [-0.1, -0.05) is 19.8 Å². The minimum Gasteiger partial charge on any atom is -0.374 e. The number of aliphatic hydroxyl groups is 1. The fourth-order valence-electron chi connectivity index (χ4n) is 1.77. The quantitative estimate of drug-likeness (QED) is 0.263. The Morgan fingerprint density at radius 2 is 2.21 bits per heavy atom. The first-order valence-corrected chi connectivity index (χ1v) is 6.78. The first-order chi connectivity index (χ1) is 9.04. The fourth-order valence-corrected chi connectivity index (χ4v) is 1.77. The smallest absolute Gasteiger partial charge is 0.136 e. The van der Waals surface area contributed by atoms with E-state index in [1.54, 1.807) is 13.1 Å².